The van der Waals surface area contributed by atoms with Gasteiger partial charge in [-0.2, -0.15) is 0 Å². The highest BCUT2D eigenvalue weighted by atomic mass is 16.6. The van der Waals surface area contributed by atoms with Crippen LogP contribution in [0.25, 0.3) is 22.4 Å². The van der Waals surface area contributed by atoms with Crippen LogP contribution in [0.15, 0.2) is 35.3 Å². The van der Waals surface area contributed by atoms with E-state index in [-0.39, 0.29) is 23.7 Å². The summed E-state index contributed by atoms with van der Waals surface area (Å²) in [4.78, 5) is 30.4. The van der Waals surface area contributed by atoms with Gasteiger partial charge in [-0.15, -0.1) is 0 Å². The van der Waals surface area contributed by atoms with E-state index in [0.29, 0.717) is 37.7 Å². The smallest absolute Gasteiger partial charge is 0.326 e. The first-order chi connectivity index (χ1) is 19.3. The Kier molecular flexibility index (Phi) is 9.00. The number of carbonyl (C=O) groups is 1. The normalized spacial score (nSPS) is 19.6. The fourth-order valence-corrected chi connectivity index (χ4v) is 5.53. The van der Waals surface area contributed by atoms with Crippen LogP contribution in [0.4, 0.5) is 0 Å². The van der Waals surface area contributed by atoms with E-state index in [1.54, 1.807) is 18.7 Å². The summed E-state index contributed by atoms with van der Waals surface area (Å²) >= 11 is 0. The van der Waals surface area contributed by atoms with Gasteiger partial charge in [0, 0.05) is 64.2 Å². The molecule has 0 amide bonds. The molecule has 0 bridgehead atoms. The first-order valence-corrected chi connectivity index (χ1v) is 14.1. The summed E-state index contributed by atoms with van der Waals surface area (Å²) in [5.41, 5.74) is 4.49. The van der Waals surface area contributed by atoms with Crippen molar-refractivity contribution in [1.82, 2.24) is 19.4 Å². The minimum absolute atomic E-state index is 0.0111. The van der Waals surface area contributed by atoms with E-state index in [4.69, 9.17) is 23.9 Å². The summed E-state index contributed by atoms with van der Waals surface area (Å²) in [6, 6.07) is 7.53. The molecule has 2 aliphatic rings. The number of fused-ring (bicyclic) bond motifs is 1. The second-order valence-electron chi connectivity index (χ2n) is 11.0. The maximum atomic E-state index is 12.9. The minimum atomic E-state index is -0.614. The summed E-state index contributed by atoms with van der Waals surface area (Å²) in [7, 11) is 3.36. The maximum absolute atomic E-state index is 12.9. The highest BCUT2D eigenvalue weighted by Gasteiger charge is 2.30. The zero-order valence-electron chi connectivity index (χ0n) is 23.9. The van der Waals surface area contributed by atoms with Crippen molar-refractivity contribution in [2.24, 2.45) is 13.0 Å². The molecule has 2 saturated heterocycles. The summed E-state index contributed by atoms with van der Waals surface area (Å²) in [6.07, 6.45) is 4.01. The zero-order chi connectivity index (χ0) is 28.2. The Morgan fingerprint density at radius 3 is 2.65 bits per heavy atom. The molecule has 216 valence electrons. The number of rotatable bonds is 10. The number of hydrogen-bond acceptors (Lipinski definition) is 8. The number of nitrogens with zero attached hydrogens (tertiary/aromatic N) is 3. The number of pyridine rings is 1. The summed E-state index contributed by atoms with van der Waals surface area (Å²) in [5, 5.41) is 3.34. The number of methoxy groups -OCH3 is 1. The number of aromatic nitrogens is 3. The lowest BCUT2D eigenvalue weighted by molar-refractivity contribution is -0.155. The van der Waals surface area contributed by atoms with Gasteiger partial charge in [-0.1, -0.05) is 6.07 Å². The number of aryl methyl sites for hydroxylation is 2. The van der Waals surface area contributed by atoms with E-state index < -0.39 is 6.04 Å². The van der Waals surface area contributed by atoms with Crippen molar-refractivity contribution in [1.29, 1.82) is 0 Å². The molecule has 5 rings (SSSR count). The van der Waals surface area contributed by atoms with Gasteiger partial charge >= 0.3 is 5.97 Å². The molecule has 10 nitrogen and oxygen atoms in total. The van der Waals surface area contributed by atoms with Crippen molar-refractivity contribution in [3.8, 4) is 11.4 Å². The molecule has 3 atom stereocenters. The van der Waals surface area contributed by atoms with E-state index in [1.807, 2.05) is 26.1 Å². The third-order valence-electron chi connectivity index (χ3n) is 8.01. The van der Waals surface area contributed by atoms with Crippen LogP contribution in [0, 0.1) is 12.8 Å². The highest BCUT2D eigenvalue weighted by Crippen LogP contribution is 2.29. The SMILES string of the molecule is CO[C@@H](C)[C@H](NCc1ccc2c(c1)nc(-c1cc(C)c(=O)n(C)c1)n2CC1CCOCC1)C(=O)OC1CCOC1. The Hall–Kier alpha value is -3.05. The van der Waals surface area contributed by atoms with Crippen molar-refractivity contribution in [3.63, 3.8) is 0 Å². The molecular weight excluding hydrogens is 512 g/mol. The molecule has 1 N–H and O–H groups in total. The lowest BCUT2D eigenvalue weighted by Crippen LogP contribution is -2.47. The molecule has 10 heteroatoms. The molecule has 0 spiro atoms. The Morgan fingerprint density at radius 1 is 1.18 bits per heavy atom. The first kappa shape index (κ1) is 28.5. The Morgan fingerprint density at radius 2 is 1.95 bits per heavy atom. The van der Waals surface area contributed by atoms with Gasteiger partial charge in [0.15, 0.2) is 0 Å². The second kappa shape index (κ2) is 12.6. The molecule has 1 unspecified atom stereocenters. The molecule has 40 heavy (non-hydrogen) atoms. The highest BCUT2D eigenvalue weighted by molar-refractivity contribution is 5.81. The van der Waals surface area contributed by atoms with Crippen LogP contribution in [0.1, 0.15) is 37.3 Å². The van der Waals surface area contributed by atoms with Crippen LogP contribution in [0.2, 0.25) is 0 Å². The second-order valence-corrected chi connectivity index (χ2v) is 11.0. The number of hydrogen-bond donors (Lipinski definition) is 1. The van der Waals surface area contributed by atoms with Gasteiger partial charge in [-0.25, -0.2) is 4.98 Å². The molecule has 1 aromatic carbocycles. The van der Waals surface area contributed by atoms with Crippen molar-refractivity contribution < 1.29 is 23.7 Å². The molecule has 0 radical (unpaired) electrons. The van der Waals surface area contributed by atoms with Crippen molar-refractivity contribution in [2.75, 3.05) is 33.5 Å². The van der Waals surface area contributed by atoms with E-state index >= 15 is 0 Å². The van der Waals surface area contributed by atoms with Gasteiger partial charge in [0.05, 0.1) is 30.4 Å². The molecular formula is C30H40N4O6. The Bertz CT molecular complexity index is 1360. The lowest BCUT2D eigenvalue weighted by Gasteiger charge is -2.24. The van der Waals surface area contributed by atoms with E-state index in [1.165, 1.54) is 0 Å². The quantitative estimate of drug-likeness (QED) is 0.383. The van der Waals surface area contributed by atoms with Gasteiger partial charge in [-0.05, 0) is 56.4 Å². The predicted molar refractivity (Wildman–Crippen MR) is 151 cm³/mol. The van der Waals surface area contributed by atoms with Crippen molar-refractivity contribution >= 4 is 17.0 Å². The van der Waals surface area contributed by atoms with Crippen LogP contribution in [0.3, 0.4) is 0 Å². The van der Waals surface area contributed by atoms with Crippen LogP contribution >= 0.6 is 0 Å². The van der Waals surface area contributed by atoms with Crippen LogP contribution in [0.5, 0.6) is 0 Å². The van der Waals surface area contributed by atoms with Gasteiger partial charge in [0.1, 0.15) is 18.0 Å². The van der Waals surface area contributed by atoms with Gasteiger partial charge < -0.3 is 28.1 Å². The van der Waals surface area contributed by atoms with Crippen LogP contribution in [-0.2, 0) is 43.9 Å². The minimum Gasteiger partial charge on any atom is -0.459 e. The number of imidazole rings is 1. The average molecular weight is 553 g/mol. The third-order valence-corrected chi connectivity index (χ3v) is 8.01. The fourth-order valence-electron chi connectivity index (χ4n) is 5.53. The largest absolute Gasteiger partial charge is 0.459 e. The topological polar surface area (TPSA) is 106 Å². The van der Waals surface area contributed by atoms with Gasteiger partial charge in [0.2, 0.25) is 0 Å². The maximum Gasteiger partial charge on any atom is 0.326 e. The predicted octanol–water partition coefficient (Wildman–Crippen LogP) is 2.96. The molecule has 3 aromatic rings. The third kappa shape index (κ3) is 6.30. The Balaban J connectivity index is 1.42. The summed E-state index contributed by atoms with van der Waals surface area (Å²) < 4.78 is 26.0. The van der Waals surface area contributed by atoms with Gasteiger partial charge in [0.25, 0.3) is 5.56 Å². The first-order valence-electron chi connectivity index (χ1n) is 14.1. The number of ether oxygens (including phenoxy) is 4. The zero-order valence-corrected chi connectivity index (χ0v) is 23.9. The standard InChI is InChI=1S/C30H40N4O6/c1-19-13-23(17-33(3)29(19)35)28-32-25-14-22(5-6-26(25)34(28)16-21-7-10-38-11-8-21)15-31-27(20(2)37-4)30(36)40-24-9-12-39-18-24/h5-6,13-14,17,20-21,24,27,31H,7-12,15-16,18H2,1-4H3/t20-,24?,27-/m0/s1. The fraction of sp³-hybridized carbons (Fsp3) is 0.567. The summed E-state index contributed by atoms with van der Waals surface area (Å²) in [5.74, 6) is 1.00. The molecule has 0 aliphatic carbocycles. The lowest BCUT2D eigenvalue weighted by atomic mass is 10.00. The number of esters is 1. The number of carbonyl (C=O) groups excluding carboxylic acids is 1. The monoisotopic (exact) mass is 552 g/mol. The van der Waals surface area contributed by atoms with E-state index in [9.17, 15) is 9.59 Å². The average Bonchev–Trinajstić information content (AvgIpc) is 3.59. The molecule has 2 fully saturated rings. The Labute approximate surface area is 234 Å². The van der Waals surface area contributed by atoms with E-state index in [0.717, 1.165) is 60.6 Å². The van der Waals surface area contributed by atoms with Gasteiger partial charge in [-0.3, -0.25) is 14.9 Å². The van der Waals surface area contributed by atoms with Crippen molar-refractivity contribution in [3.05, 3.63) is 51.9 Å². The number of nitrogens with one attached hydrogen (secondary N) is 1. The van der Waals surface area contributed by atoms with Crippen LogP contribution in [-0.4, -0.2) is 71.9 Å². The van der Waals surface area contributed by atoms with Crippen LogP contribution < -0.4 is 10.9 Å². The molecule has 2 aliphatic heterocycles. The number of benzene rings is 1. The molecule has 2 aromatic heterocycles. The van der Waals surface area contributed by atoms with Crippen molar-refractivity contribution in [2.45, 2.75) is 64.4 Å². The molecule has 0 saturated carbocycles. The summed E-state index contributed by atoms with van der Waals surface area (Å²) in [6.45, 7) is 7.57. The molecule has 4 heterocycles. The van der Waals surface area contributed by atoms with E-state index in [2.05, 4.69) is 28.1 Å².